The molecule has 0 amide bonds. The van der Waals surface area contributed by atoms with Gasteiger partial charge < -0.3 is 0 Å². The van der Waals surface area contributed by atoms with Gasteiger partial charge in [0.25, 0.3) is 0 Å². The van der Waals surface area contributed by atoms with E-state index in [0.717, 1.165) is 55.9 Å². The zero-order valence-corrected chi connectivity index (χ0v) is 29.5. The second-order valence-electron chi connectivity index (χ2n) is 14.1. The third-order valence-corrected chi connectivity index (χ3v) is 10.4. The van der Waals surface area contributed by atoms with Crippen molar-refractivity contribution < 1.29 is 0 Å². The molecule has 8 aromatic rings. The third-order valence-electron chi connectivity index (χ3n) is 10.4. The van der Waals surface area contributed by atoms with Crippen LogP contribution < -0.4 is 0 Å². The van der Waals surface area contributed by atoms with Gasteiger partial charge in [-0.05, 0) is 110 Å². The van der Waals surface area contributed by atoms with Gasteiger partial charge in [-0.3, -0.25) is 4.98 Å². The zero-order valence-electron chi connectivity index (χ0n) is 29.5. The number of nitrogens with zero attached hydrogens (tertiary/aromatic N) is 4. The summed E-state index contributed by atoms with van der Waals surface area (Å²) in [6, 6.07) is 57.3. The molecule has 1 aliphatic carbocycles. The second-order valence-corrected chi connectivity index (χ2v) is 14.1. The maximum atomic E-state index is 9.64. The van der Waals surface area contributed by atoms with Crippen LogP contribution in [0.1, 0.15) is 30.5 Å². The molecule has 250 valence electrons. The van der Waals surface area contributed by atoms with Gasteiger partial charge in [-0.2, -0.15) is 5.26 Å². The first-order chi connectivity index (χ1) is 25.9. The van der Waals surface area contributed by atoms with E-state index in [1.54, 1.807) is 0 Å². The van der Waals surface area contributed by atoms with E-state index < -0.39 is 0 Å². The molecule has 0 unspecified atom stereocenters. The van der Waals surface area contributed by atoms with Crippen molar-refractivity contribution in [2.24, 2.45) is 0 Å². The lowest BCUT2D eigenvalue weighted by atomic mass is 9.81. The normalized spacial score (nSPS) is 12.5. The van der Waals surface area contributed by atoms with Gasteiger partial charge in [0.15, 0.2) is 5.82 Å². The highest BCUT2D eigenvalue weighted by atomic mass is 14.9. The molecule has 0 saturated heterocycles. The highest BCUT2D eigenvalue weighted by Crippen LogP contribution is 2.50. The van der Waals surface area contributed by atoms with Crippen molar-refractivity contribution in [1.82, 2.24) is 15.0 Å². The van der Waals surface area contributed by atoms with Gasteiger partial charge >= 0.3 is 0 Å². The molecular formula is C49H34N4. The Morgan fingerprint density at radius 2 is 0.925 bits per heavy atom. The van der Waals surface area contributed by atoms with E-state index in [2.05, 4.69) is 134 Å². The predicted molar refractivity (Wildman–Crippen MR) is 215 cm³/mol. The monoisotopic (exact) mass is 678 g/mol. The molecule has 0 saturated carbocycles. The van der Waals surface area contributed by atoms with Gasteiger partial charge in [-0.25, -0.2) is 9.97 Å². The smallest absolute Gasteiger partial charge is 0.160 e. The second kappa shape index (κ2) is 13.0. The van der Waals surface area contributed by atoms with Gasteiger partial charge in [-0.15, -0.1) is 0 Å². The molecule has 2 aromatic heterocycles. The fraction of sp³-hybridized carbons (Fsp3) is 0.0612. The van der Waals surface area contributed by atoms with Crippen molar-refractivity contribution in [3.05, 3.63) is 187 Å². The maximum Gasteiger partial charge on any atom is 0.160 e. The molecule has 0 atom stereocenters. The van der Waals surface area contributed by atoms with Crippen LogP contribution in [0.25, 0.3) is 78.4 Å². The fourth-order valence-electron chi connectivity index (χ4n) is 7.57. The van der Waals surface area contributed by atoms with Crippen LogP contribution in [0, 0.1) is 11.3 Å². The first kappa shape index (κ1) is 32.0. The minimum Gasteiger partial charge on any atom is -0.265 e. The summed E-state index contributed by atoms with van der Waals surface area (Å²) in [5.41, 5.74) is 16.6. The Morgan fingerprint density at radius 1 is 0.434 bits per heavy atom. The van der Waals surface area contributed by atoms with E-state index in [-0.39, 0.29) is 5.41 Å². The molecular weight excluding hydrogens is 645 g/mol. The Bertz CT molecular complexity index is 2670. The average molecular weight is 679 g/mol. The Kier molecular flexibility index (Phi) is 7.83. The lowest BCUT2D eigenvalue weighted by molar-refractivity contribution is 0.660. The molecule has 0 radical (unpaired) electrons. The average Bonchev–Trinajstić information content (AvgIpc) is 3.46. The van der Waals surface area contributed by atoms with Crippen LogP contribution >= 0.6 is 0 Å². The molecule has 0 aliphatic heterocycles. The Balaban J connectivity index is 1.20. The van der Waals surface area contributed by atoms with Crippen molar-refractivity contribution in [3.8, 4) is 84.5 Å². The third kappa shape index (κ3) is 5.89. The molecule has 0 fully saturated rings. The number of hydrogen-bond acceptors (Lipinski definition) is 4. The van der Waals surface area contributed by atoms with Crippen LogP contribution in [0.3, 0.4) is 0 Å². The van der Waals surface area contributed by atoms with E-state index in [9.17, 15) is 5.26 Å². The number of pyridine rings is 1. The van der Waals surface area contributed by atoms with Crippen molar-refractivity contribution >= 4 is 0 Å². The summed E-state index contributed by atoms with van der Waals surface area (Å²) in [5, 5.41) is 9.64. The summed E-state index contributed by atoms with van der Waals surface area (Å²) in [6.07, 6.45) is 3.66. The molecule has 4 heteroatoms. The van der Waals surface area contributed by atoms with E-state index in [4.69, 9.17) is 9.97 Å². The fourth-order valence-corrected chi connectivity index (χ4v) is 7.57. The van der Waals surface area contributed by atoms with Crippen molar-refractivity contribution in [2.75, 3.05) is 0 Å². The van der Waals surface area contributed by atoms with Crippen LogP contribution in [-0.2, 0) is 5.41 Å². The summed E-state index contributed by atoms with van der Waals surface area (Å²) >= 11 is 0. The highest BCUT2D eigenvalue weighted by molar-refractivity contribution is 5.86. The minimum atomic E-state index is -0.253. The molecule has 0 spiro atoms. The number of benzene rings is 6. The minimum absolute atomic E-state index is 0.253. The van der Waals surface area contributed by atoms with Crippen LogP contribution in [-0.4, -0.2) is 15.0 Å². The van der Waals surface area contributed by atoms with Crippen LogP contribution in [0.15, 0.2) is 170 Å². The topological polar surface area (TPSA) is 62.5 Å². The van der Waals surface area contributed by atoms with Crippen molar-refractivity contribution in [3.63, 3.8) is 0 Å². The maximum absolute atomic E-state index is 9.64. The molecule has 0 N–H and O–H groups in total. The van der Waals surface area contributed by atoms with Crippen molar-refractivity contribution in [2.45, 2.75) is 19.3 Å². The Morgan fingerprint density at radius 3 is 1.58 bits per heavy atom. The first-order valence-corrected chi connectivity index (χ1v) is 17.8. The van der Waals surface area contributed by atoms with Gasteiger partial charge in [-0.1, -0.05) is 117 Å². The van der Waals surface area contributed by atoms with Gasteiger partial charge in [0.05, 0.1) is 23.0 Å². The van der Waals surface area contributed by atoms with Crippen molar-refractivity contribution in [1.29, 1.82) is 5.26 Å². The van der Waals surface area contributed by atoms with E-state index in [1.165, 1.54) is 27.8 Å². The molecule has 0 bridgehead atoms. The lowest BCUT2D eigenvalue weighted by Crippen LogP contribution is -2.15. The highest BCUT2D eigenvalue weighted by Gasteiger charge is 2.36. The standard InChI is InChI=1S/C49H34N4/c1-49(2)44-25-32(31-50)13-19-42(44)43-20-18-38(29-45(43)49)40-26-39(35-21-23-51-24-22-35)27-41(28-40)48-52-46(36-11-7-4-8-12-36)30-47(53-48)37-16-14-34(15-17-37)33-9-5-3-6-10-33/h3-30H,1-2H3. The number of rotatable bonds is 6. The van der Waals surface area contributed by atoms with Crippen LogP contribution in [0.5, 0.6) is 0 Å². The molecule has 4 nitrogen and oxygen atoms in total. The van der Waals surface area contributed by atoms with Crippen LogP contribution in [0.4, 0.5) is 0 Å². The van der Waals surface area contributed by atoms with Crippen LogP contribution in [0.2, 0.25) is 0 Å². The number of nitriles is 1. The number of hydrogen-bond donors (Lipinski definition) is 0. The zero-order chi connectivity index (χ0) is 35.9. The summed E-state index contributed by atoms with van der Waals surface area (Å²) in [6.45, 7) is 4.50. The van der Waals surface area contributed by atoms with Gasteiger partial charge in [0.1, 0.15) is 0 Å². The molecule has 53 heavy (non-hydrogen) atoms. The largest absolute Gasteiger partial charge is 0.265 e. The first-order valence-electron chi connectivity index (χ1n) is 17.8. The van der Waals surface area contributed by atoms with E-state index in [0.29, 0.717) is 11.4 Å². The predicted octanol–water partition coefficient (Wildman–Crippen LogP) is 12.1. The van der Waals surface area contributed by atoms with E-state index >= 15 is 0 Å². The Hall–Kier alpha value is -6.96. The summed E-state index contributed by atoms with van der Waals surface area (Å²) in [4.78, 5) is 14.7. The molecule has 2 heterocycles. The van der Waals surface area contributed by atoms with E-state index in [1.807, 2.05) is 60.9 Å². The SMILES string of the molecule is CC1(C)c2cc(C#N)ccc2-c2ccc(-c3cc(-c4ccncc4)cc(-c4nc(-c5ccccc5)cc(-c5ccc(-c6ccccc6)cc5)n4)c3)cc21. The number of aromatic nitrogens is 3. The summed E-state index contributed by atoms with van der Waals surface area (Å²) in [5.74, 6) is 0.656. The summed E-state index contributed by atoms with van der Waals surface area (Å²) in [7, 11) is 0. The molecule has 6 aromatic carbocycles. The molecule has 1 aliphatic rings. The lowest BCUT2D eigenvalue weighted by Gasteiger charge is -2.22. The summed E-state index contributed by atoms with van der Waals surface area (Å²) < 4.78 is 0. The van der Waals surface area contributed by atoms with Gasteiger partial charge in [0, 0.05) is 34.5 Å². The molecule has 9 rings (SSSR count). The Labute approximate surface area is 309 Å². The van der Waals surface area contributed by atoms with Gasteiger partial charge in [0.2, 0.25) is 0 Å². The quantitative estimate of drug-likeness (QED) is 0.176. The number of fused-ring (bicyclic) bond motifs is 3.